The van der Waals surface area contributed by atoms with Crippen molar-refractivity contribution in [3.05, 3.63) is 59.2 Å². The van der Waals surface area contributed by atoms with Crippen LogP contribution in [0.5, 0.6) is 5.75 Å². The van der Waals surface area contributed by atoms with Crippen LogP contribution in [0.1, 0.15) is 16.7 Å². The van der Waals surface area contributed by atoms with E-state index in [0.717, 1.165) is 17.9 Å². The van der Waals surface area contributed by atoms with Crippen LogP contribution in [-0.2, 0) is 11.3 Å². The number of methoxy groups -OCH3 is 1. The second kappa shape index (κ2) is 7.70. The minimum atomic E-state index is 0.566. The number of rotatable bonds is 7. The Balaban J connectivity index is 2.04. The molecule has 112 valence electrons. The lowest BCUT2D eigenvalue weighted by Crippen LogP contribution is -2.08. The summed E-state index contributed by atoms with van der Waals surface area (Å²) in [7, 11) is 1.68. The lowest BCUT2D eigenvalue weighted by atomic mass is 10.1. The molecule has 0 amide bonds. The molecule has 3 heteroatoms. The molecule has 0 bridgehead atoms. The Morgan fingerprint density at radius 3 is 2.62 bits per heavy atom. The normalized spacial score (nSPS) is 10.4. The second-order valence-electron chi connectivity index (χ2n) is 5.12. The highest BCUT2D eigenvalue weighted by atomic mass is 16.5. The Morgan fingerprint density at radius 2 is 1.81 bits per heavy atom. The van der Waals surface area contributed by atoms with Gasteiger partial charge in [0, 0.05) is 24.9 Å². The molecule has 2 aromatic rings. The van der Waals surface area contributed by atoms with E-state index in [4.69, 9.17) is 9.47 Å². The van der Waals surface area contributed by atoms with Gasteiger partial charge in [-0.3, -0.25) is 0 Å². The van der Waals surface area contributed by atoms with Gasteiger partial charge in [0.05, 0.1) is 6.61 Å². The fourth-order valence-corrected chi connectivity index (χ4v) is 2.14. The first-order chi connectivity index (χ1) is 10.2. The van der Waals surface area contributed by atoms with Crippen molar-refractivity contribution in [2.24, 2.45) is 0 Å². The Hall–Kier alpha value is -2.00. The zero-order valence-electron chi connectivity index (χ0n) is 13.0. The third kappa shape index (κ3) is 4.50. The second-order valence-corrected chi connectivity index (χ2v) is 5.12. The van der Waals surface area contributed by atoms with Gasteiger partial charge in [0.2, 0.25) is 0 Å². The van der Waals surface area contributed by atoms with Gasteiger partial charge in [0.1, 0.15) is 12.4 Å². The minimum absolute atomic E-state index is 0.566. The van der Waals surface area contributed by atoms with Crippen molar-refractivity contribution in [3.63, 3.8) is 0 Å². The SMILES string of the molecule is COCCOc1ccccc1CNc1cc(C)ccc1C. The van der Waals surface area contributed by atoms with E-state index in [9.17, 15) is 0 Å². The molecule has 0 saturated carbocycles. The lowest BCUT2D eigenvalue weighted by molar-refractivity contribution is 0.146. The number of aryl methyl sites for hydroxylation is 2. The fourth-order valence-electron chi connectivity index (χ4n) is 2.14. The topological polar surface area (TPSA) is 30.5 Å². The maximum atomic E-state index is 5.75. The lowest BCUT2D eigenvalue weighted by Gasteiger charge is -2.14. The molecule has 21 heavy (non-hydrogen) atoms. The number of benzene rings is 2. The van der Waals surface area contributed by atoms with Crippen LogP contribution in [0.15, 0.2) is 42.5 Å². The molecular weight excluding hydrogens is 262 g/mol. The standard InChI is InChI=1S/C18H23NO2/c1-14-8-9-15(2)17(12-14)19-13-16-6-4-5-7-18(16)21-11-10-20-3/h4-9,12,19H,10-11,13H2,1-3H3. The monoisotopic (exact) mass is 285 g/mol. The summed E-state index contributed by atoms with van der Waals surface area (Å²) in [6.45, 7) is 6.12. The summed E-state index contributed by atoms with van der Waals surface area (Å²) in [5.41, 5.74) is 4.82. The zero-order valence-corrected chi connectivity index (χ0v) is 13.0. The van der Waals surface area contributed by atoms with Crippen molar-refractivity contribution >= 4 is 5.69 Å². The van der Waals surface area contributed by atoms with Gasteiger partial charge in [-0.1, -0.05) is 30.3 Å². The fraction of sp³-hybridized carbons (Fsp3) is 0.333. The molecular formula is C18H23NO2. The summed E-state index contributed by atoms with van der Waals surface area (Å²) in [5, 5.41) is 3.49. The Morgan fingerprint density at radius 1 is 1.00 bits per heavy atom. The van der Waals surface area contributed by atoms with Crippen LogP contribution < -0.4 is 10.1 Å². The molecule has 2 aromatic carbocycles. The van der Waals surface area contributed by atoms with Crippen molar-refractivity contribution in [1.29, 1.82) is 0 Å². The average Bonchev–Trinajstić information content (AvgIpc) is 2.49. The molecule has 3 nitrogen and oxygen atoms in total. The van der Waals surface area contributed by atoms with Crippen molar-refractivity contribution in [2.75, 3.05) is 25.6 Å². The number of ether oxygens (including phenoxy) is 2. The molecule has 0 spiro atoms. The number of anilines is 1. The van der Waals surface area contributed by atoms with Gasteiger partial charge < -0.3 is 14.8 Å². The van der Waals surface area contributed by atoms with E-state index in [-0.39, 0.29) is 0 Å². The highest BCUT2D eigenvalue weighted by molar-refractivity contribution is 5.53. The summed E-state index contributed by atoms with van der Waals surface area (Å²) in [5.74, 6) is 0.910. The molecule has 0 aliphatic carbocycles. The van der Waals surface area contributed by atoms with Gasteiger partial charge >= 0.3 is 0 Å². The van der Waals surface area contributed by atoms with E-state index in [1.54, 1.807) is 7.11 Å². The number of hydrogen-bond acceptors (Lipinski definition) is 3. The molecule has 0 heterocycles. The van der Waals surface area contributed by atoms with Gasteiger partial charge in [-0.25, -0.2) is 0 Å². The van der Waals surface area contributed by atoms with E-state index in [2.05, 4.69) is 43.4 Å². The van der Waals surface area contributed by atoms with Gasteiger partial charge in [0.15, 0.2) is 0 Å². The molecule has 0 radical (unpaired) electrons. The quantitative estimate of drug-likeness (QED) is 0.782. The van der Waals surface area contributed by atoms with Crippen LogP contribution in [-0.4, -0.2) is 20.3 Å². The zero-order chi connectivity index (χ0) is 15.1. The molecule has 1 N–H and O–H groups in total. The van der Waals surface area contributed by atoms with Crippen molar-refractivity contribution < 1.29 is 9.47 Å². The Kier molecular flexibility index (Phi) is 5.64. The maximum Gasteiger partial charge on any atom is 0.124 e. The van der Waals surface area contributed by atoms with Crippen LogP contribution >= 0.6 is 0 Å². The van der Waals surface area contributed by atoms with Gasteiger partial charge in [0.25, 0.3) is 0 Å². The average molecular weight is 285 g/mol. The van der Waals surface area contributed by atoms with Crippen molar-refractivity contribution in [2.45, 2.75) is 20.4 Å². The summed E-state index contributed by atoms with van der Waals surface area (Å²) in [4.78, 5) is 0. The predicted molar refractivity (Wildman–Crippen MR) is 87.1 cm³/mol. The van der Waals surface area contributed by atoms with Crippen LogP contribution in [0.2, 0.25) is 0 Å². The van der Waals surface area contributed by atoms with Crippen LogP contribution in [0.4, 0.5) is 5.69 Å². The smallest absolute Gasteiger partial charge is 0.124 e. The van der Waals surface area contributed by atoms with Crippen LogP contribution in [0.25, 0.3) is 0 Å². The summed E-state index contributed by atoms with van der Waals surface area (Å²) >= 11 is 0. The van der Waals surface area contributed by atoms with Crippen LogP contribution in [0, 0.1) is 13.8 Å². The third-order valence-corrected chi connectivity index (χ3v) is 3.38. The first kappa shape index (κ1) is 15.4. The first-order valence-electron chi connectivity index (χ1n) is 7.21. The van der Waals surface area contributed by atoms with Crippen molar-refractivity contribution in [3.8, 4) is 5.75 Å². The first-order valence-corrected chi connectivity index (χ1v) is 7.21. The maximum absolute atomic E-state index is 5.75. The number of para-hydroxylation sites is 1. The summed E-state index contributed by atoms with van der Waals surface area (Å²) in [6, 6.07) is 14.5. The summed E-state index contributed by atoms with van der Waals surface area (Å²) in [6.07, 6.45) is 0. The Bertz CT molecular complexity index is 581. The van der Waals surface area contributed by atoms with E-state index in [0.29, 0.717) is 13.2 Å². The highest BCUT2D eigenvalue weighted by Gasteiger charge is 2.04. The van der Waals surface area contributed by atoms with Gasteiger partial charge in [-0.15, -0.1) is 0 Å². The third-order valence-electron chi connectivity index (χ3n) is 3.38. The van der Waals surface area contributed by atoms with Crippen molar-refractivity contribution in [1.82, 2.24) is 0 Å². The molecule has 2 rings (SSSR count). The molecule has 0 atom stereocenters. The summed E-state index contributed by atoms with van der Waals surface area (Å²) < 4.78 is 10.8. The van der Waals surface area contributed by atoms with E-state index < -0.39 is 0 Å². The van der Waals surface area contributed by atoms with Crippen LogP contribution in [0.3, 0.4) is 0 Å². The number of hydrogen-bond donors (Lipinski definition) is 1. The predicted octanol–water partition coefficient (Wildman–Crippen LogP) is 3.94. The molecule has 0 saturated heterocycles. The Labute approximate surface area is 126 Å². The largest absolute Gasteiger partial charge is 0.491 e. The van der Waals surface area contributed by atoms with E-state index >= 15 is 0 Å². The van der Waals surface area contributed by atoms with Gasteiger partial charge in [-0.2, -0.15) is 0 Å². The number of nitrogens with one attached hydrogen (secondary N) is 1. The minimum Gasteiger partial charge on any atom is -0.491 e. The molecule has 0 aliphatic rings. The highest BCUT2D eigenvalue weighted by Crippen LogP contribution is 2.21. The molecule has 0 aromatic heterocycles. The molecule has 0 unspecified atom stereocenters. The van der Waals surface area contributed by atoms with E-state index in [1.165, 1.54) is 16.8 Å². The molecule has 0 aliphatic heterocycles. The van der Waals surface area contributed by atoms with E-state index in [1.807, 2.05) is 18.2 Å². The molecule has 0 fully saturated rings. The van der Waals surface area contributed by atoms with Gasteiger partial charge in [-0.05, 0) is 37.1 Å².